The van der Waals surface area contributed by atoms with Crippen LogP contribution in [0.1, 0.15) is 13.8 Å². The van der Waals surface area contributed by atoms with E-state index in [9.17, 15) is 19.8 Å². The molecule has 0 saturated heterocycles. The van der Waals surface area contributed by atoms with E-state index in [1.165, 1.54) is 13.8 Å². The van der Waals surface area contributed by atoms with Crippen molar-refractivity contribution in [3.05, 3.63) is 0 Å². The van der Waals surface area contributed by atoms with Crippen molar-refractivity contribution in [3.8, 4) is 0 Å². The van der Waals surface area contributed by atoms with E-state index in [4.69, 9.17) is 15.9 Å². The smallest absolute Gasteiger partial charge is 0.237 e. The Morgan fingerprint density at radius 3 is 2.11 bits per heavy atom. The summed E-state index contributed by atoms with van der Waals surface area (Å²) in [5, 5.41) is 37.8. The van der Waals surface area contributed by atoms with Crippen LogP contribution in [0.3, 0.4) is 0 Å². The van der Waals surface area contributed by atoms with E-state index in [0.717, 1.165) is 5.01 Å². The maximum Gasteiger partial charge on any atom is 0.237 e. The van der Waals surface area contributed by atoms with Crippen molar-refractivity contribution in [1.29, 1.82) is 0 Å². The SMILES string of the molecule is CC(=O)NN(C[C@@H](N)[C@@H](O)[C@H](O)[C@H](O)CO)C(C)=O. The van der Waals surface area contributed by atoms with Crippen molar-refractivity contribution in [3.63, 3.8) is 0 Å². The summed E-state index contributed by atoms with van der Waals surface area (Å²) in [5.41, 5.74) is 7.78. The number of hydrogen-bond acceptors (Lipinski definition) is 7. The van der Waals surface area contributed by atoms with Crippen LogP contribution >= 0.6 is 0 Å². The molecule has 19 heavy (non-hydrogen) atoms. The molecule has 2 amide bonds. The van der Waals surface area contributed by atoms with Crippen molar-refractivity contribution in [1.82, 2.24) is 10.4 Å². The molecule has 9 nitrogen and oxygen atoms in total. The molecule has 0 aromatic carbocycles. The number of hydrogen-bond donors (Lipinski definition) is 6. The van der Waals surface area contributed by atoms with Gasteiger partial charge in [-0.15, -0.1) is 0 Å². The van der Waals surface area contributed by atoms with E-state index in [2.05, 4.69) is 5.43 Å². The molecule has 0 aromatic heterocycles. The van der Waals surface area contributed by atoms with Gasteiger partial charge in [-0.05, 0) is 0 Å². The van der Waals surface area contributed by atoms with Gasteiger partial charge in [-0.2, -0.15) is 0 Å². The van der Waals surface area contributed by atoms with E-state index in [1.807, 2.05) is 0 Å². The van der Waals surface area contributed by atoms with Crippen molar-refractivity contribution in [2.75, 3.05) is 13.2 Å². The van der Waals surface area contributed by atoms with Crippen LogP contribution in [0.5, 0.6) is 0 Å². The molecule has 0 aliphatic carbocycles. The van der Waals surface area contributed by atoms with Gasteiger partial charge in [0.05, 0.1) is 25.3 Å². The van der Waals surface area contributed by atoms with E-state index in [1.54, 1.807) is 0 Å². The first-order valence-electron chi connectivity index (χ1n) is 5.66. The van der Waals surface area contributed by atoms with Gasteiger partial charge in [-0.3, -0.25) is 20.0 Å². The van der Waals surface area contributed by atoms with Crippen LogP contribution in [-0.4, -0.2) is 74.8 Å². The first-order chi connectivity index (χ1) is 8.70. The van der Waals surface area contributed by atoms with Gasteiger partial charge < -0.3 is 26.2 Å². The van der Waals surface area contributed by atoms with E-state index >= 15 is 0 Å². The van der Waals surface area contributed by atoms with E-state index in [0.29, 0.717) is 0 Å². The number of nitrogens with two attached hydrogens (primary N) is 1. The molecule has 0 bridgehead atoms. The Morgan fingerprint density at radius 1 is 1.21 bits per heavy atom. The second-order valence-electron chi connectivity index (χ2n) is 4.19. The van der Waals surface area contributed by atoms with Gasteiger partial charge >= 0.3 is 0 Å². The minimum Gasteiger partial charge on any atom is -0.394 e. The standard InChI is InChI=1S/C10H21N3O6/c1-5(15)12-13(6(2)16)3-7(11)9(18)10(19)8(17)4-14/h7-10,14,17-19H,3-4,11H2,1-2H3,(H,12,15)/t7-,8-,9-,10-/m1/s1. The Balaban J connectivity index is 4.58. The van der Waals surface area contributed by atoms with Crippen LogP contribution in [0, 0.1) is 0 Å². The van der Waals surface area contributed by atoms with Gasteiger partial charge in [0.2, 0.25) is 11.8 Å². The maximum atomic E-state index is 11.2. The topological polar surface area (TPSA) is 156 Å². The van der Waals surface area contributed by atoms with Crippen LogP contribution in [0.2, 0.25) is 0 Å². The molecule has 0 aliphatic rings. The molecule has 0 aromatic rings. The summed E-state index contributed by atoms with van der Waals surface area (Å²) < 4.78 is 0. The molecule has 9 heteroatoms. The van der Waals surface area contributed by atoms with Gasteiger partial charge in [0.1, 0.15) is 12.2 Å². The maximum absolute atomic E-state index is 11.2. The second-order valence-corrected chi connectivity index (χ2v) is 4.19. The van der Waals surface area contributed by atoms with E-state index in [-0.39, 0.29) is 6.54 Å². The van der Waals surface area contributed by atoms with Gasteiger partial charge in [0, 0.05) is 13.8 Å². The molecule has 7 N–H and O–H groups in total. The Hall–Kier alpha value is -1.26. The number of aliphatic hydroxyl groups is 4. The summed E-state index contributed by atoms with van der Waals surface area (Å²) in [6.07, 6.45) is -4.78. The van der Waals surface area contributed by atoms with Crippen molar-refractivity contribution in [2.45, 2.75) is 38.2 Å². The molecule has 0 spiro atoms. The lowest BCUT2D eigenvalue weighted by molar-refractivity contribution is -0.140. The molecule has 112 valence electrons. The number of amides is 2. The molecule has 0 fully saturated rings. The average molecular weight is 279 g/mol. The van der Waals surface area contributed by atoms with Gasteiger partial charge in [0.25, 0.3) is 0 Å². The molecular formula is C10H21N3O6. The van der Waals surface area contributed by atoms with Crippen LogP contribution in [0.25, 0.3) is 0 Å². The second kappa shape index (κ2) is 8.02. The summed E-state index contributed by atoms with van der Waals surface area (Å²) in [6.45, 7) is 1.38. The highest BCUT2D eigenvalue weighted by atomic mass is 16.4. The number of nitrogens with zero attached hydrogens (tertiary/aromatic N) is 1. The number of hydrazine groups is 1. The Morgan fingerprint density at radius 2 is 1.74 bits per heavy atom. The largest absolute Gasteiger partial charge is 0.394 e. The number of aliphatic hydroxyl groups excluding tert-OH is 4. The molecule has 0 radical (unpaired) electrons. The summed E-state index contributed by atoms with van der Waals surface area (Å²) in [4.78, 5) is 22.1. The molecule has 0 saturated carbocycles. The highest BCUT2D eigenvalue weighted by Gasteiger charge is 2.30. The lowest BCUT2D eigenvalue weighted by atomic mass is 10.0. The lowest BCUT2D eigenvalue weighted by Gasteiger charge is -2.30. The minimum atomic E-state index is -1.66. The lowest BCUT2D eigenvalue weighted by Crippen LogP contribution is -2.57. The van der Waals surface area contributed by atoms with Crippen LogP contribution in [0.4, 0.5) is 0 Å². The highest BCUT2D eigenvalue weighted by molar-refractivity contribution is 5.79. The number of rotatable bonds is 6. The summed E-state index contributed by atoms with van der Waals surface area (Å²) in [5.74, 6) is -0.997. The van der Waals surface area contributed by atoms with Crippen LogP contribution in [-0.2, 0) is 9.59 Å². The number of carbonyl (C=O) groups excluding carboxylic acids is 2. The predicted molar refractivity (Wildman–Crippen MR) is 64.3 cm³/mol. The Bertz CT molecular complexity index is 314. The van der Waals surface area contributed by atoms with Gasteiger partial charge in [-0.25, -0.2) is 0 Å². The first-order valence-corrected chi connectivity index (χ1v) is 5.66. The zero-order valence-electron chi connectivity index (χ0n) is 10.9. The van der Waals surface area contributed by atoms with Crippen molar-refractivity contribution in [2.24, 2.45) is 5.73 Å². The Labute approximate surface area is 110 Å². The van der Waals surface area contributed by atoms with Gasteiger partial charge in [-0.1, -0.05) is 0 Å². The van der Waals surface area contributed by atoms with Crippen LogP contribution in [0.15, 0.2) is 0 Å². The molecule has 4 atom stereocenters. The van der Waals surface area contributed by atoms with Crippen LogP contribution < -0.4 is 11.2 Å². The fraction of sp³-hybridized carbons (Fsp3) is 0.800. The Kier molecular flexibility index (Phi) is 7.49. The number of carbonyl (C=O) groups is 2. The van der Waals surface area contributed by atoms with E-state index < -0.39 is 42.8 Å². The molecule has 0 unspecified atom stereocenters. The third-order valence-electron chi connectivity index (χ3n) is 2.44. The number of nitrogens with one attached hydrogen (secondary N) is 1. The normalized spacial score (nSPS) is 17.2. The van der Waals surface area contributed by atoms with Crippen molar-refractivity contribution >= 4 is 11.8 Å². The third-order valence-corrected chi connectivity index (χ3v) is 2.44. The molecule has 0 aliphatic heterocycles. The molecular weight excluding hydrogens is 258 g/mol. The third kappa shape index (κ3) is 5.94. The first kappa shape index (κ1) is 17.7. The average Bonchev–Trinajstić information content (AvgIpc) is 2.34. The molecule has 0 heterocycles. The summed E-state index contributed by atoms with van der Waals surface area (Å²) in [6, 6.07) is -1.12. The monoisotopic (exact) mass is 279 g/mol. The summed E-state index contributed by atoms with van der Waals surface area (Å²) >= 11 is 0. The summed E-state index contributed by atoms with van der Waals surface area (Å²) in [7, 11) is 0. The zero-order valence-corrected chi connectivity index (χ0v) is 10.9. The van der Waals surface area contributed by atoms with Gasteiger partial charge in [0.15, 0.2) is 0 Å². The fourth-order valence-corrected chi connectivity index (χ4v) is 1.35. The predicted octanol–water partition coefficient (Wildman–Crippen LogP) is -3.71. The quantitative estimate of drug-likeness (QED) is 0.273. The zero-order chi connectivity index (χ0) is 15.2. The highest BCUT2D eigenvalue weighted by Crippen LogP contribution is 2.04. The fourth-order valence-electron chi connectivity index (χ4n) is 1.35. The minimum absolute atomic E-state index is 0.259. The molecule has 0 rings (SSSR count). The van der Waals surface area contributed by atoms with Crippen molar-refractivity contribution < 1.29 is 30.0 Å².